The van der Waals surface area contributed by atoms with Gasteiger partial charge in [0.1, 0.15) is 11.9 Å². The Kier molecular flexibility index (Phi) is 7.96. The molecule has 3 rings (SSSR count). The number of alkyl halides is 1. The molecule has 1 N–H and O–H groups in total. The molecule has 2 aromatic carbocycles. The van der Waals surface area contributed by atoms with Gasteiger partial charge in [-0.2, -0.15) is 0 Å². The highest BCUT2D eigenvalue weighted by Crippen LogP contribution is 2.28. The topological polar surface area (TPSA) is 47.6 Å². The second-order valence-corrected chi connectivity index (χ2v) is 7.79. The third kappa shape index (κ3) is 5.74. The van der Waals surface area contributed by atoms with Crippen LogP contribution in [0.15, 0.2) is 48.5 Å². The van der Waals surface area contributed by atoms with E-state index in [0.29, 0.717) is 12.2 Å². The van der Waals surface area contributed by atoms with Crippen molar-refractivity contribution in [2.24, 2.45) is 0 Å². The highest BCUT2D eigenvalue weighted by atomic mass is 35.5. The minimum atomic E-state index is -0.344. The molecule has 0 aromatic heterocycles. The Morgan fingerprint density at radius 3 is 2.66 bits per heavy atom. The minimum Gasteiger partial charge on any atom is -0.489 e. The van der Waals surface area contributed by atoms with Crippen molar-refractivity contribution in [2.45, 2.75) is 63.6 Å². The SMILES string of the molecule is CCOC(=O)c1ccc(O[C@H]2CCCC[C@@H]2N[C@H](C)c2ccccc2)cc1CCl. The largest absolute Gasteiger partial charge is 0.489 e. The summed E-state index contributed by atoms with van der Waals surface area (Å²) in [5.41, 5.74) is 2.52. The number of hydrogen-bond donors (Lipinski definition) is 1. The van der Waals surface area contributed by atoms with Gasteiger partial charge in [-0.25, -0.2) is 4.79 Å². The van der Waals surface area contributed by atoms with E-state index in [2.05, 4.69) is 36.5 Å². The Hall–Kier alpha value is -2.04. The van der Waals surface area contributed by atoms with Crippen LogP contribution in [0.2, 0.25) is 0 Å². The average molecular weight is 416 g/mol. The summed E-state index contributed by atoms with van der Waals surface area (Å²) in [7, 11) is 0. The van der Waals surface area contributed by atoms with Gasteiger partial charge in [0.25, 0.3) is 0 Å². The maximum atomic E-state index is 12.1. The summed E-state index contributed by atoms with van der Waals surface area (Å²) in [6.45, 7) is 4.33. The van der Waals surface area contributed by atoms with Crippen LogP contribution in [-0.2, 0) is 10.6 Å². The van der Waals surface area contributed by atoms with E-state index >= 15 is 0 Å². The van der Waals surface area contributed by atoms with Gasteiger partial charge in [0, 0.05) is 18.0 Å². The molecule has 1 saturated carbocycles. The van der Waals surface area contributed by atoms with Crippen LogP contribution < -0.4 is 10.1 Å². The Balaban J connectivity index is 1.70. The first-order valence-corrected chi connectivity index (χ1v) is 11.0. The predicted octanol–water partition coefficient (Wildman–Crippen LogP) is 5.64. The fraction of sp³-hybridized carbons (Fsp3) is 0.458. The highest BCUT2D eigenvalue weighted by molar-refractivity contribution is 6.17. The number of esters is 1. The van der Waals surface area contributed by atoms with Crippen molar-refractivity contribution in [1.29, 1.82) is 0 Å². The molecule has 0 unspecified atom stereocenters. The van der Waals surface area contributed by atoms with Gasteiger partial charge >= 0.3 is 5.97 Å². The lowest BCUT2D eigenvalue weighted by atomic mass is 9.91. The third-order valence-electron chi connectivity index (χ3n) is 5.47. The van der Waals surface area contributed by atoms with Crippen molar-refractivity contribution >= 4 is 17.6 Å². The third-order valence-corrected chi connectivity index (χ3v) is 5.76. The van der Waals surface area contributed by atoms with Crippen molar-refractivity contribution in [3.8, 4) is 5.75 Å². The van der Waals surface area contributed by atoms with Crippen LogP contribution in [0.1, 0.15) is 67.1 Å². The van der Waals surface area contributed by atoms with Crippen molar-refractivity contribution < 1.29 is 14.3 Å². The fourth-order valence-electron chi connectivity index (χ4n) is 3.92. The molecule has 156 valence electrons. The van der Waals surface area contributed by atoms with Crippen LogP contribution in [0.25, 0.3) is 0 Å². The maximum Gasteiger partial charge on any atom is 0.338 e. The number of carbonyl (C=O) groups excluding carboxylic acids is 1. The maximum absolute atomic E-state index is 12.1. The van der Waals surface area contributed by atoms with E-state index < -0.39 is 0 Å². The van der Waals surface area contributed by atoms with Crippen molar-refractivity contribution in [2.75, 3.05) is 6.61 Å². The van der Waals surface area contributed by atoms with Crippen LogP contribution in [0.5, 0.6) is 5.75 Å². The molecule has 2 aromatic rings. The van der Waals surface area contributed by atoms with E-state index in [0.717, 1.165) is 30.6 Å². The first kappa shape index (κ1) is 21.7. The normalized spacial score (nSPS) is 20.1. The number of rotatable bonds is 8. The van der Waals surface area contributed by atoms with E-state index in [1.807, 2.05) is 18.2 Å². The van der Waals surface area contributed by atoms with Crippen LogP contribution in [0.4, 0.5) is 0 Å². The Bertz CT molecular complexity index is 796. The molecule has 0 aliphatic heterocycles. The zero-order valence-corrected chi connectivity index (χ0v) is 18.0. The van der Waals surface area contributed by atoms with E-state index in [1.54, 1.807) is 13.0 Å². The van der Waals surface area contributed by atoms with E-state index in [-0.39, 0.29) is 30.0 Å². The summed E-state index contributed by atoms with van der Waals surface area (Å²) < 4.78 is 11.5. The van der Waals surface area contributed by atoms with Crippen LogP contribution >= 0.6 is 11.6 Å². The Morgan fingerprint density at radius 1 is 1.17 bits per heavy atom. The average Bonchev–Trinajstić information content (AvgIpc) is 2.75. The molecular weight excluding hydrogens is 386 g/mol. The van der Waals surface area contributed by atoms with Gasteiger partial charge in [0.15, 0.2) is 0 Å². The Morgan fingerprint density at radius 2 is 1.93 bits per heavy atom. The quantitative estimate of drug-likeness (QED) is 0.447. The van der Waals surface area contributed by atoms with Gasteiger partial charge in [0.05, 0.1) is 12.2 Å². The van der Waals surface area contributed by atoms with E-state index in [9.17, 15) is 4.79 Å². The Labute approximate surface area is 178 Å². The summed E-state index contributed by atoms with van der Waals surface area (Å²) in [4.78, 5) is 12.1. The smallest absolute Gasteiger partial charge is 0.338 e. The lowest BCUT2D eigenvalue weighted by Gasteiger charge is -2.34. The summed E-state index contributed by atoms with van der Waals surface area (Å²) in [5.74, 6) is 0.645. The van der Waals surface area contributed by atoms with Crippen molar-refractivity contribution in [1.82, 2.24) is 5.32 Å². The van der Waals surface area contributed by atoms with Crippen LogP contribution in [0, 0.1) is 0 Å². The van der Waals surface area contributed by atoms with E-state index in [4.69, 9.17) is 21.1 Å². The van der Waals surface area contributed by atoms with Gasteiger partial charge in [-0.15, -0.1) is 11.6 Å². The molecule has 0 bridgehead atoms. The molecular formula is C24H30ClNO3. The van der Waals surface area contributed by atoms with Gasteiger partial charge in [-0.05, 0) is 62.4 Å². The first-order chi connectivity index (χ1) is 14.1. The lowest BCUT2D eigenvalue weighted by molar-refractivity contribution is 0.0525. The number of benzene rings is 2. The molecule has 1 aliphatic carbocycles. The van der Waals surface area contributed by atoms with Gasteiger partial charge in [-0.3, -0.25) is 0 Å². The standard InChI is InChI=1S/C24H30ClNO3/c1-3-28-24(27)21-14-13-20(15-19(21)16-25)29-23-12-8-7-11-22(23)26-17(2)18-9-5-4-6-10-18/h4-6,9-10,13-15,17,22-23,26H,3,7-8,11-12,16H2,1-2H3/t17-,22+,23+/m1/s1. The summed E-state index contributed by atoms with van der Waals surface area (Å²) >= 11 is 6.08. The molecule has 0 saturated heterocycles. The fourth-order valence-corrected chi connectivity index (χ4v) is 4.15. The zero-order valence-electron chi connectivity index (χ0n) is 17.2. The van der Waals surface area contributed by atoms with Gasteiger partial charge < -0.3 is 14.8 Å². The minimum absolute atomic E-state index is 0.0894. The highest BCUT2D eigenvalue weighted by Gasteiger charge is 2.28. The second-order valence-electron chi connectivity index (χ2n) is 7.52. The molecule has 1 aliphatic rings. The molecule has 1 fully saturated rings. The van der Waals surface area contributed by atoms with E-state index in [1.165, 1.54) is 12.0 Å². The van der Waals surface area contributed by atoms with Crippen molar-refractivity contribution in [3.63, 3.8) is 0 Å². The summed E-state index contributed by atoms with van der Waals surface area (Å²) in [6, 6.07) is 16.5. The number of ether oxygens (including phenoxy) is 2. The van der Waals surface area contributed by atoms with Crippen molar-refractivity contribution in [3.05, 3.63) is 65.2 Å². The molecule has 3 atom stereocenters. The number of nitrogens with one attached hydrogen (secondary N) is 1. The molecule has 0 amide bonds. The number of hydrogen-bond acceptors (Lipinski definition) is 4. The molecule has 4 nitrogen and oxygen atoms in total. The number of carbonyl (C=O) groups is 1. The van der Waals surface area contributed by atoms with Gasteiger partial charge in [-0.1, -0.05) is 36.8 Å². The number of halogens is 1. The molecule has 0 spiro atoms. The monoisotopic (exact) mass is 415 g/mol. The molecule has 0 radical (unpaired) electrons. The first-order valence-electron chi connectivity index (χ1n) is 10.5. The molecule has 29 heavy (non-hydrogen) atoms. The predicted molar refractivity (Wildman–Crippen MR) is 117 cm³/mol. The van der Waals surface area contributed by atoms with Crippen LogP contribution in [0.3, 0.4) is 0 Å². The van der Waals surface area contributed by atoms with Crippen LogP contribution in [-0.4, -0.2) is 24.7 Å². The summed E-state index contributed by atoms with van der Waals surface area (Å²) in [5, 5.41) is 3.76. The van der Waals surface area contributed by atoms with Gasteiger partial charge in [0.2, 0.25) is 0 Å². The molecule has 0 heterocycles. The lowest BCUT2D eigenvalue weighted by Crippen LogP contribution is -2.46. The second kappa shape index (κ2) is 10.7. The zero-order chi connectivity index (χ0) is 20.6. The molecule has 5 heteroatoms. The summed E-state index contributed by atoms with van der Waals surface area (Å²) in [6.07, 6.45) is 4.55.